The SMILES string of the molecule is CC[C@H]1C(O)C2C3CCC([C@H](C)CCC(=O)O)[C@@H]3C(C)CC2[C@@]2(C)CC[C@@H](O)C[C@@H]12. The maximum absolute atomic E-state index is 11.7. The van der Waals surface area contributed by atoms with Crippen molar-refractivity contribution in [3.05, 3.63) is 0 Å². The average Bonchev–Trinajstić information content (AvgIpc) is 3.14. The van der Waals surface area contributed by atoms with E-state index >= 15 is 0 Å². The van der Waals surface area contributed by atoms with Crippen LogP contribution in [0.2, 0.25) is 0 Å². The van der Waals surface area contributed by atoms with Crippen molar-refractivity contribution in [2.24, 2.45) is 58.7 Å². The first kappa shape index (κ1) is 22.6. The number of aliphatic hydroxyl groups excluding tert-OH is 2. The Morgan fingerprint density at radius 3 is 2.50 bits per heavy atom. The second kappa shape index (κ2) is 8.39. The smallest absolute Gasteiger partial charge is 0.303 e. The van der Waals surface area contributed by atoms with Crippen LogP contribution < -0.4 is 0 Å². The van der Waals surface area contributed by atoms with E-state index in [0.717, 1.165) is 32.1 Å². The Balaban J connectivity index is 1.61. The van der Waals surface area contributed by atoms with Gasteiger partial charge in [0, 0.05) is 6.42 Å². The van der Waals surface area contributed by atoms with Gasteiger partial charge in [-0.25, -0.2) is 0 Å². The molecule has 3 N–H and O–H groups in total. The molecular formula is C26H44O4. The summed E-state index contributed by atoms with van der Waals surface area (Å²) in [4.78, 5) is 11.1. The highest BCUT2D eigenvalue weighted by molar-refractivity contribution is 5.66. The van der Waals surface area contributed by atoms with Crippen LogP contribution in [0.3, 0.4) is 0 Å². The molecule has 4 nitrogen and oxygen atoms in total. The molecule has 4 aliphatic carbocycles. The number of aliphatic carboxylic acids is 1. The van der Waals surface area contributed by atoms with Crippen LogP contribution in [0.25, 0.3) is 0 Å². The van der Waals surface area contributed by atoms with Crippen molar-refractivity contribution in [1.29, 1.82) is 0 Å². The third kappa shape index (κ3) is 3.54. The molecule has 12 atom stereocenters. The lowest BCUT2D eigenvalue weighted by atomic mass is 9.42. The van der Waals surface area contributed by atoms with E-state index in [4.69, 9.17) is 5.11 Å². The molecule has 172 valence electrons. The third-order valence-corrected chi connectivity index (χ3v) is 10.7. The lowest BCUT2D eigenvalue weighted by molar-refractivity contribution is -0.199. The fraction of sp³-hybridized carbons (Fsp3) is 0.962. The quantitative estimate of drug-likeness (QED) is 0.587. The van der Waals surface area contributed by atoms with Gasteiger partial charge in [-0.15, -0.1) is 0 Å². The summed E-state index contributed by atoms with van der Waals surface area (Å²) in [5.74, 6) is 3.96. The van der Waals surface area contributed by atoms with E-state index in [9.17, 15) is 15.0 Å². The van der Waals surface area contributed by atoms with E-state index < -0.39 is 5.97 Å². The predicted octanol–water partition coefficient (Wildman–Crippen LogP) is 4.97. The summed E-state index contributed by atoms with van der Waals surface area (Å²) in [6.07, 6.45) is 8.12. The molecule has 4 fully saturated rings. The number of hydrogen-bond donors (Lipinski definition) is 3. The van der Waals surface area contributed by atoms with E-state index in [-0.39, 0.29) is 24.0 Å². The first-order valence-corrected chi connectivity index (χ1v) is 12.8. The number of aliphatic hydroxyl groups is 2. The Kier molecular flexibility index (Phi) is 6.31. The van der Waals surface area contributed by atoms with Gasteiger partial charge in [0.05, 0.1) is 12.2 Å². The normalized spacial score (nSPS) is 51.5. The lowest BCUT2D eigenvalue weighted by Crippen LogP contribution is -2.61. The molecule has 0 radical (unpaired) electrons. The largest absolute Gasteiger partial charge is 0.481 e. The highest BCUT2D eigenvalue weighted by atomic mass is 16.4. The van der Waals surface area contributed by atoms with Crippen LogP contribution in [-0.4, -0.2) is 33.5 Å². The number of fused-ring (bicyclic) bond motifs is 5. The molecule has 0 heterocycles. The molecule has 0 bridgehead atoms. The van der Waals surface area contributed by atoms with E-state index in [1.165, 1.54) is 19.3 Å². The molecule has 6 unspecified atom stereocenters. The summed E-state index contributed by atoms with van der Waals surface area (Å²) < 4.78 is 0. The zero-order chi connectivity index (χ0) is 21.8. The monoisotopic (exact) mass is 420 g/mol. The highest BCUT2D eigenvalue weighted by Crippen LogP contribution is 2.67. The Bertz CT molecular complexity index is 635. The maximum Gasteiger partial charge on any atom is 0.303 e. The van der Waals surface area contributed by atoms with E-state index in [2.05, 4.69) is 27.7 Å². The summed E-state index contributed by atoms with van der Waals surface area (Å²) in [5, 5.41) is 31.2. The van der Waals surface area contributed by atoms with E-state index in [1.807, 2.05) is 0 Å². The molecule has 4 rings (SSSR count). The second-order valence-electron chi connectivity index (χ2n) is 11.9. The summed E-state index contributed by atoms with van der Waals surface area (Å²) in [5.41, 5.74) is 0.246. The molecule has 4 aliphatic rings. The minimum absolute atomic E-state index is 0.194. The summed E-state index contributed by atoms with van der Waals surface area (Å²) in [6, 6.07) is 0. The fourth-order valence-corrected chi connectivity index (χ4v) is 9.34. The predicted molar refractivity (Wildman–Crippen MR) is 118 cm³/mol. The lowest BCUT2D eigenvalue weighted by Gasteiger charge is -2.64. The van der Waals surface area contributed by atoms with Crippen molar-refractivity contribution in [2.75, 3.05) is 0 Å². The van der Waals surface area contributed by atoms with Gasteiger partial charge in [0.2, 0.25) is 0 Å². The number of hydrogen-bond acceptors (Lipinski definition) is 3. The van der Waals surface area contributed by atoms with Crippen LogP contribution in [0.5, 0.6) is 0 Å². The van der Waals surface area contributed by atoms with Crippen molar-refractivity contribution in [3.63, 3.8) is 0 Å². The fourth-order valence-electron chi connectivity index (χ4n) is 9.34. The molecule has 0 amide bonds. The van der Waals surface area contributed by atoms with Gasteiger partial charge in [0.1, 0.15) is 0 Å². The van der Waals surface area contributed by atoms with E-state index in [0.29, 0.717) is 53.3 Å². The molecule has 0 aromatic rings. The Hall–Kier alpha value is -0.610. The van der Waals surface area contributed by atoms with Gasteiger partial charge in [0.15, 0.2) is 0 Å². The van der Waals surface area contributed by atoms with Gasteiger partial charge in [-0.1, -0.05) is 34.1 Å². The minimum Gasteiger partial charge on any atom is -0.481 e. The molecule has 0 aromatic heterocycles. The van der Waals surface area contributed by atoms with Crippen molar-refractivity contribution < 1.29 is 20.1 Å². The van der Waals surface area contributed by atoms with Gasteiger partial charge in [-0.3, -0.25) is 4.79 Å². The molecule has 0 saturated heterocycles. The second-order valence-corrected chi connectivity index (χ2v) is 11.9. The number of carbonyl (C=O) groups is 1. The van der Waals surface area contributed by atoms with Gasteiger partial charge in [0.25, 0.3) is 0 Å². The topological polar surface area (TPSA) is 77.8 Å². The number of carboxylic acids is 1. The van der Waals surface area contributed by atoms with Gasteiger partial charge < -0.3 is 15.3 Å². The van der Waals surface area contributed by atoms with Crippen LogP contribution in [0, 0.1) is 58.7 Å². The Morgan fingerprint density at radius 1 is 1.10 bits per heavy atom. The first-order chi connectivity index (χ1) is 14.2. The molecule has 4 heteroatoms. The molecule has 0 spiro atoms. The van der Waals surface area contributed by atoms with E-state index in [1.54, 1.807) is 0 Å². The Labute approximate surface area is 182 Å². The molecule has 0 aliphatic heterocycles. The first-order valence-electron chi connectivity index (χ1n) is 12.8. The number of carboxylic acid groups (broad SMARTS) is 1. The molecule has 30 heavy (non-hydrogen) atoms. The molecule has 0 aromatic carbocycles. The standard InChI is InChI=1S/C26H44O4/c1-5-17-20-13-16(27)10-11-26(20,4)21-12-15(3)23-18(14(2)6-9-22(28)29)7-8-19(23)24(21)25(17)30/h14-21,23-25,27,30H,5-13H2,1-4H3,(H,28,29)/t14-,15?,16-,17-,18?,19?,20+,21?,23+,24?,25?,26+/m1/s1. The summed E-state index contributed by atoms with van der Waals surface area (Å²) in [7, 11) is 0. The zero-order valence-electron chi connectivity index (χ0n) is 19.5. The minimum atomic E-state index is -0.680. The van der Waals surface area contributed by atoms with Crippen molar-refractivity contribution in [1.82, 2.24) is 0 Å². The zero-order valence-corrected chi connectivity index (χ0v) is 19.5. The summed E-state index contributed by atoms with van der Waals surface area (Å²) in [6.45, 7) is 9.42. The van der Waals surface area contributed by atoms with Crippen LogP contribution in [-0.2, 0) is 4.79 Å². The van der Waals surface area contributed by atoms with Gasteiger partial charge >= 0.3 is 5.97 Å². The maximum atomic E-state index is 11.7. The van der Waals surface area contributed by atoms with Crippen LogP contribution in [0.1, 0.15) is 85.5 Å². The number of rotatable bonds is 5. The van der Waals surface area contributed by atoms with Gasteiger partial charge in [-0.2, -0.15) is 0 Å². The highest BCUT2D eigenvalue weighted by Gasteiger charge is 2.63. The molecular weight excluding hydrogens is 376 g/mol. The van der Waals surface area contributed by atoms with Crippen molar-refractivity contribution in [2.45, 2.75) is 97.7 Å². The Morgan fingerprint density at radius 2 is 1.83 bits per heavy atom. The molecule has 4 saturated carbocycles. The van der Waals surface area contributed by atoms with Crippen LogP contribution in [0.4, 0.5) is 0 Å². The summed E-state index contributed by atoms with van der Waals surface area (Å²) >= 11 is 0. The van der Waals surface area contributed by atoms with Crippen molar-refractivity contribution in [3.8, 4) is 0 Å². The average molecular weight is 421 g/mol. The van der Waals surface area contributed by atoms with Crippen molar-refractivity contribution >= 4 is 5.97 Å². The van der Waals surface area contributed by atoms with Crippen LogP contribution in [0.15, 0.2) is 0 Å². The van der Waals surface area contributed by atoms with Gasteiger partial charge in [-0.05, 0) is 104 Å². The van der Waals surface area contributed by atoms with Crippen LogP contribution >= 0.6 is 0 Å². The third-order valence-electron chi connectivity index (χ3n) is 10.7.